The molecule has 38 heavy (non-hydrogen) atoms. The Morgan fingerprint density at radius 2 is 1.74 bits per heavy atom. The Morgan fingerprint density at radius 1 is 0.974 bits per heavy atom. The maximum absolute atomic E-state index is 13.6. The van der Waals surface area contributed by atoms with Gasteiger partial charge < -0.3 is 15.2 Å². The van der Waals surface area contributed by atoms with Gasteiger partial charge >= 0.3 is 6.09 Å². The van der Waals surface area contributed by atoms with Crippen LogP contribution in [0.1, 0.15) is 90.0 Å². The van der Waals surface area contributed by atoms with Gasteiger partial charge in [-0.05, 0) is 111 Å². The molecule has 6 heteroatoms. The highest BCUT2D eigenvalue weighted by molar-refractivity contribution is 5.86. The lowest BCUT2D eigenvalue weighted by molar-refractivity contribution is -0.132. The summed E-state index contributed by atoms with van der Waals surface area (Å²) in [6, 6.07) is 9.45. The molecule has 0 unspecified atom stereocenters. The topological polar surface area (TPSA) is 78.9 Å². The average molecular weight is 523 g/mol. The van der Waals surface area contributed by atoms with Crippen molar-refractivity contribution >= 4 is 12.0 Å². The molecular formula is C32H46N2O4. The second kappa shape index (κ2) is 10.1. The number of hydrogen-bond acceptors (Lipinski definition) is 4. The number of hydrogen-bond donors (Lipinski definition) is 2. The van der Waals surface area contributed by atoms with E-state index in [1.807, 2.05) is 30.3 Å². The number of carbonyl (C=O) groups excluding carboxylic acids is 2. The van der Waals surface area contributed by atoms with E-state index < -0.39 is 6.04 Å². The lowest BCUT2D eigenvalue weighted by Gasteiger charge is -2.61. The lowest BCUT2D eigenvalue weighted by Crippen LogP contribution is -2.57. The zero-order chi connectivity index (χ0) is 26.5. The summed E-state index contributed by atoms with van der Waals surface area (Å²) < 4.78 is 5.58. The van der Waals surface area contributed by atoms with E-state index >= 15 is 0 Å². The molecule has 2 amide bonds. The molecular weight excluding hydrogens is 476 g/mol. The van der Waals surface area contributed by atoms with Crippen LogP contribution < -0.4 is 5.32 Å². The SMILES string of the molecule is C[C@]12CC[C@H](O)C[C@@H]1CC[C@@H]1[C@@H]2CC[C@]2(C)[C@@H](NC(=O)[C@@H]3CCCN3C(=O)OCc3ccccc3)CC[C@@H]12. The second-order valence-electron chi connectivity index (χ2n) is 13.7. The van der Waals surface area contributed by atoms with Gasteiger partial charge in [-0.2, -0.15) is 0 Å². The maximum Gasteiger partial charge on any atom is 0.410 e. The summed E-state index contributed by atoms with van der Waals surface area (Å²) in [6.07, 6.45) is 11.4. The molecule has 0 spiro atoms. The summed E-state index contributed by atoms with van der Waals surface area (Å²) in [5.74, 6) is 2.83. The van der Waals surface area contributed by atoms with Crippen molar-refractivity contribution in [3.63, 3.8) is 0 Å². The Bertz CT molecular complexity index is 1030. The summed E-state index contributed by atoms with van der Waals surface area (Å²) >= 11 is 0. The van der Waals surface area contributed by atoms with Crippen LogP contribution in [0.3, 0.4) is 0 Å². The first-order chi connectivity index (χ1) is 18.3. The van der Waals surface area contributed by atoms with E-state index in [-0.39, 0.29) is 36.2 Å². The fraction of sp³-hybridized carbons (Fsp3) is 0.750. The average Bonchev–Trinajstić information content (AvgIpc) is 3.53. The van der Waals surface area contributed by atoms with Crippen LogP contribution in [0.5, 0.6) is 0 Å². The van der Waals surface area contributed by atoms with Crippen LogP contribution in [0.25, 0.3) is 0 Å². The molecule has 1 saturated heterocycles. The van der Waals surface area contributed by atoms with Crippen LogP contribution in [-0.2, 0) is 16.1 Å². The van der Waals surface area contributed by atoms with Gasteiger partial charge in [0.2, 0.25) is 5.91 Å². The van der Waals surface area contributed by atoms with Gasteiger partial charge in [-0.25, -0.2) is 4.79 Å². The molecule has 1 aromatic carbocycles. The van der Waals surface area contributed by atoms with Gasteiger partial charge in [0.05, 0.1) is 6.10 Å². The Hall–Kier alpha value is -2.08. The van der Waals surface area contributed by atoms with E-state index in [0.29, 0.717) is 30.2 Å². The van der Waals surface area contributed by atoms with E-state index in [2.05, 4.69) is 19.2 Å². The molecule has 1 aromatic rings. The maximum atomic E-state index is 13.6. The number of nitrogens with one attached hydrogen (secondary N) is 1. The summed E-state index contributed by atoms with van der Waals surface area (Å²) in [5.41, 5.74) is 1.45. The van der Waals surface area contributed by atoms with Gasteiger partial charge in [0, 0.05) is 12.6 Å². The van der Waals surface area contributed by atoms with E-state index in [9.17, 15) is 14.7 Å². The predicted octanol–water partition coefficient (Wildman–Crippen LogP) is 5.68. The zero-order valence-electron chi connectivity index (χ0n) is 23.2. The Kier molecular flexibility index (Phi) is 6.99. The summed E-state index contributed by atoms with van der Waals surface area (Å²) in [5, 5.41) is 13.8. The van der Waals surface area contributed by atoms with Crippen LogP contribution >= 0.6 is 0 Å². The molecule has 2 N–H and O–H groups in total. The smallest absolute Gasteiger partial charge is 0.410 e. The largest absolute Gasteiger partial charge is 0.445 e. The van der Waals surface area contributed by atoms with Crippen molar-refractivity contribution in [2.45, 2.75) is 109 Å². The number of benzene rings is 1. The van der Waals surface area contributed by atoms with Crippen molar-refractivity contribution in [2.75, 3.05) is 6.54 Å². The van der Waals surface area contributed by atoms with E-state index in [4.69, 9.17) is 4.74 Å². The monoisotopic (exact) mass is 522 g/mol. The number of fused-ring (bicyclic) bond motifs is 5. The van der Waals surface area contributed by atoms with Crippen molar-refractivity contribution in [2.24, 2.45) is 34.5 Å². The Labute approximate surface area is 227 Å². The van der Waals surface area contributed by atoms with Gasteiger partial charge in [0.15, 0.2) is 0 Å². The van der Waals surface area contributed by atoms with E-state index in [1.165, 1.54) is 38.5 Å². The van der Waals surface area contributed by atoms with Crippen LogP contribution in [0, 0.1) is 34.5 Å². The first-order valence-electron chi connectivity index (χ1n) is 15.3. The van der Waals surface area contributed by atoms with Crippen LogP contribution in [0.4, 0.5) is 4.79 Å². The normalized spacial score (nSPS) is 42.1. The van der Waals surface area contributed by atoms with Crippen molar-refractivity contribution in [1.82, 2.24) is 10.2 Å². The molecule has 1 heterocycles. The quantitative estimate of drug-likeness (QED) is 0.534. The minimum atomic E-state index is -0.430. The lowest BCUT2D eigenvalue weighted by atomic mass is 9.45. The number of carbonyl (C=O) groups is 2. The Balaban J connectivity index is 1.09. The molecule has 9 atom stereocenters. The van der Waals surface area contributed by atoms with Gasteiger partial charge in [0.25, 0.3) is 0 Å². The molecule has 208 valence electrons. The second-order valence-corrected chi connectivity index (χ2v) is 13.7. The summed E-state index contributed by atoms with van der Waals surface area (Å²) in [6.45, 7) is 5.77. The van der Waals surface area contributed by atoms with Crippen molar-refractivity contribution < 1.29 is 19.4 Å². The third kappa shape index (κ3) is 4.45. The van der Waals surface area contributed by atoms with E-state index in [1.54, 1.807) is 4.90 Å². The third-order valence-electron chi connectivity index (χ3n) is 11.9. The molecule has 0 radical (unpaired) electrons. The number of aliphatic hydroxyl groups excluding tert-OH is 1. The molecule has 4 saturated carbocycles. The van der Waals surface area contributed by atoms with Crippen molar-refractivity contribution in [1.29, 1.82) is 0 Å². The molecule has 0 bridgehead atoms. The van der Waals surface area contributed by atoms with E-state index in [0.717, 1.165) is 43.1 Å². The number of nitrogens with zero attached hydrogens (tertiary/aromatic N) is 1. The first-order valence-corrected chi connectivity index (χ1v) is 15.3. The minimum absolute atomic E-state index is 0.00472. The molecule has 5 aliphatic rings. The van der Waals surface area contributed by atoms with Gasteiger partial charge in [-0.1, -0.05) is 44.2 Å². The molecule has 1 aliphatic heterocycles. The highest BCUT2D eigenvalue weighted by Gasteiger charge is 2.60. The molecule has 4 aliphatic carbocycles. The summed E-state index contributed by atoms with van der Waals surface area (Å²) in [4.78, 5) is 28.1. The highest BCUT2D eigenvalue weighted by atomic mass is 16.6. The van der Waals surface area contributed by atoms with Gasteiger partial charge in [0.1, 0.15) is 12.6 Å². The highest BCUT2D eigenvalue weighted by Crippen LogP contribution is 2.66. The fourth-order valence-corrected chi connectivity index (χ4v) is 9.80. The number of likely N-dealkylation sites (tertiary alicyclic amines) is 1. The van der Waals surface area contributed by atoms with Gasteiger partial charge in [-0.3, -0.25) is 9.69 Å². The standard InChI is InChI=1S/C32H46N2O4/c1-31-16-14-23(35)19-22(31)10-11-24-25-12-13-28(32(25,2)17-15-26(24)31)33-29(36)27-9-6-18-34(27)30(37)38-20-21-7-4-3-5-8-21/h3-5,7-8,22-28,35H,6,9-20H2,1-2H3,(H,33,36)/t22-,23-,24-,25-,26-,27-,28-,31-,32-/m0/s1. The van der Waals surface area contributed by atoms with Crippen molar-refractivity contribution in [3.8, 4) is 0 Å². The molecule has 6 nitrogen and oxygen atoms in total. The number of rotatable bonds is 4. The first kappa shape index (κ1) is 26.2. The number of aliphatic hydroxyl groups is 1. The van der Waals surface area contributed by atoms with Gasteiger partial charge in [-0.15, -0.1) is 0 Å². The summed E-state index contributed by atoms with van der Waals surface area (Å²) in [7, 11) is 0. The molecule has 0 aromatic heterocycles. The molecule has 5 fully saturated rings. The predicted molar refractivity (Wildman–Crippen MR) is 146 cm³/mol. The number of ether oxygens (including phenoxy) is 1. The molecule has 6 rings (SSSR count). The number of amides is 2. The van der Waals surface area contributed by atoms with Crippen LogP contribution in [0.15, 0.2) is 30.3 Å². The fourth-order valence-electron chi connectivity index (χ4n) is 9.80. The zero-order valence-corrected chi connectivity index (χ0v) is 23.2. The Morgan fingerprint density at radius 3 is 2.55 bits per heavy atom. The van der Waals surface area contributed by atoms with Crippen LogP contribution in [-0.4, -0.2) is 46.7 Å². The minimum Gasteiger partial charge on any atom is -0.445 e. The van der Waals surface area contributed by atoms with Crippen LogP contribution in [0.2, 0.25) is 0 Å². The van der Waals surface area contributed by atoms with Crippen molar-refractivity contribution in [3.05, 3.63) is 35.9 Å². The third-order valence-corrected chi connectivity index (χ3v) is 11.9.